The van der Waals surface area contributed by atoms with Crippen molar-refractivity contribution >= 4 is 22.6 Å². The van der Waals surface area contributed by atoms with Crippen LogP contribution in [0.25, 0.3) is 11.0 Å². The molecule has 0 saturated heterocycles. The number of fused-ring (bicyclic) bond motifs is 1. The van der Waals surface area contributed by atoms with E-state index in [0.717, 1.165) is 23.2 Å². The number of hydrogen-bond acceptors (Lipinski definition) is 2. The first kappa shape index (κ1) is 11.5. The van der Waals surface area contributed by atoms with Crippen molar-refractivity contribution in [1.82, 2.24) is 0 Å². The molecule has 3 heteroatoms. The van der Waals surface area contributed by atoms with Gasteiger partial charge in [-0.3, -0.25) is 0 Å². The van der Waals surface area contributed by atoms with Crippen LogP contribution in [0.2, 0.25) is 5.02 Å². The highest BCUT2D eigenvalue weighted by Gasteiger charge is 2.18. The summed E-state index contributed by atoms with van der Waals surface area (Å²) in [6.07, 6.45) is 1.03. The summed E-state index contributed by atoms with van der Waals surface area (Å²) in [5, 5.41) is 1.65. The van der Waals surface area contributed by atoms with Gasteiger partial charge >= 0.3 is 0 Å². The monoisotopic (exact) mass is 237 g/mol. The second kappa shape index (κ2) is 4.48. The molecule has 1 unspecified atom stereocenters. The van der Waals surface area contributed by atoms with Crippen molar-refractivity contribution in [1.29, 1.82) is 0 Å². The fraction of sp³-hybridized carbons (Fsp3) is 0.385. The fourth-order valence-electron chi connectivity index (χ4n) is 1.75. The van der Waals surface area contributed by atoms with E-state index in [1.807, 2.05) is 24.3 Å². The average Bonchev–Trinajstić information content (AvgIpc) is 2.72. The molecule has 2 atom stereocenters. The molecule has 0 bridgehead atoms. The zero-order valence-corrected chi connectivity index (χ0v) is 10.3. The van der Waals surface area contributed by atoms with Crippen molar-refractivity contribution in [3.63, 3.8) is 0 Å². The molecule has 86 valence electrons. The summed E-state index contributed by atoms with van der Waals surface area (Å²) >= 11 is 6.05. The van der Waals surface area contributed by atoms with Gasteiger partial charge < -0.3 is 10.2 Å². The predicted octanol–water partition coefficient (Wildman–Crippen LogP) is 4.13. The summed E-state index contributed by atoms with van der Waals surface area (Å²) in [6, 6.07) is 7.65. The summed E-state index contributed by atoms with van der Waals surface area (Å²) in [6.45, 7) is 4.25. The van der Waals surface area contributed by atoms with Crippen LogP contribution in [0, 0.1) is 5.92 Å². The average molecular weight is 238 g/mol. The topological polar surface area (TPSA) is 39.2 Å². The van der Waals surface area contributed by atoms with Gasteiger partial charge in [-0.15, -0.1) is 0 Å². The molecule has 0 fully saturated rings. The summed E-state index contributed by atoms with van der Waals surface area (Å²) in [4.78, 5) is 0. The smallest absolute Gasteiger partial charge is 0.152 e. The fourth-order valence-corrected chi connectivity index (χ4v) is 1.97. The molecular weight excluding hydrogens is 222 g/mol. The van der Waals surface area contributed by atoms with Gasteiger partial charge in [-0.25, -0.2) is 0 Å². The summed E-state index contributed by atoms with van der Waals surface area (Å²) < 4.78 is 5.73. The van der Waals surface area contributed by atoms with Crippen LogP contribution in [0.5, 0.6) is 0 Å². The minimum absolute atomic E-state index is 0.0616. The zero-order valence-electron chi connectivity index (χ0n) is 9.53. The number of nitrogens with two attached hydrogens (primary N) is 1. The van der Waals surface area contributed by atoms with Gasteiger partial charge in [-0.1, -0.05) is 44.0 Å². The van der Waals surface area contributed by atoms with Crippen LogP contribution in [0.4, 0.5) is 0 Å². The van der Waals surface area contributed by atoms with Gasteiger partial charge in [0, 0.05) is 5.39 Å². The molecule has 0 aliphatic carbocycles. The van der Waals surface area contributed by atoms with E-state index in [9.17, 15) is 0 Å². The lowest BCUT2D eigenvalue weighted by molar-refractivity contribution is 0.388. The number of halogens is 1. The minimum Gasteiger partial charge on any atom is -0.458 e. The Labute approximate surface area is 100 Å². The molecule has 1 aromatic heterocycles. The Kier molecular flexibility index (Phi) is 3.22. The first-order chi connectivity index (χ1) is 7.63. The largest absolute Gasteiger partial charge is 0.458 e. The molecule has 1 aromatic carbocycles. The number of rotatable bonds is 3. The van der Waals surface area contributed by atoms with E-state index >= 15 is 0 Å². The molecule has 0 spiro atoms. The molecule has 16 heavy (non-hydrogen) atoms. The summed E-state index contributed by atoms with van der Waals surface area (Å²) in [7, 11) is 0. The van der Waals surface area contributed by atoms with Crippen LogP contribution in [0.1, 0.15) is 32.1 Å². The first-order valence-electron chi connectivity index (χ1n) is 5.57. The first-order valence-corrected chi connectivity index (χ1v) is 5.94. The van der Waals surface area contributed by atoms with Crippen molar-refractivity contribution in [3.05, 3.63) is 35.0 Å². The number of benzene rings is 1. The lowest BCUT2D eigenvalue weighted by Crippen LogP contribution is -2.17. The molecule has 2 rings (SSSR count). The lowest BCUT2D eigenvalue weighted by Gasteiger charge is -2.15. The molecule has 2 aromatic rings. The van der Waals surface area contributed by atoms with Crippen molar-refractivity contribution < 1.29 is 4.42 Å². The summed E-state index contributed by atoms with van der Waals surface area (Å²) in [5.74, 6) is 1.22. The molecular formula is C13H16ClNO. The van der Waals surface area contributed by atoms with Gasteiger partial charge in [-0.05, 0) is 18.1 Å². The van der Waals surface area contributed by atoms with E-state index in [2.05, 4.69) is 13.8 Å². The maximum Gasteiger partial charge on any atom is 0.152 e. The zero-order chi connectivity index (χ0) is 11.7. The molecule has 0 saturated carbocycles. The quantitative estimate of drug-likeness (QED) is 0.872. The second-order valence-electron chi connectivity index (χ2n) is 4.22. The highest BCUT2D eigenvalue weighted by Crippen LogP contribution is 2.31. The van der Waals surface area contributed by atoms with E-state index in [4.69, 9.17) is 21.8 Å². The Morgan fingerprint density at radius 1 is 1.44 bits per heavy atom. The van der Waals surface area contributed by atoms with Crippen molar-refractivity contribution in [2.75, 3.05) is 0 Å². The molecule has 0 radical (unpaired) electrons. The van der Waals surface area contributed by atoms with E-state index < -0.39 is 0 Å². The molecule has 2 nitrogen and oxygen atoms in total. The van der Waals surface area contributed by atoms with Gasteiger partial charge in [0.1, 0.15) is 5.76 Å². The van der Waals surface area contributed by atoms with Gasteiger partial charge in [0.2, 0.25) is 0 Å². The lowest BCUT2D eigenvalue weighted by atomic mass is 9.98. The SMILES string of the molecule is CCC(C)[C@H](N)c1cc2cccc(Cl)c2o1. The Hall–Kier alpha value is -0.990. The number of para-hydroxylation sites is 1. The standard InChI is InChI=1S/C13H16ClNO/c1-3-8(2)12(15)11-7-9-5-4-6-10(14)13(9)16-11/h4-8,12H,3,15H2,1-2H3/t8?,12-/m0/s1. The highest BCUT2D eigenvalue weighted by molar-refractivity contribution is 6.34. The predicted molar refractivity (Wildman–Crippen MR) is 67.6 cm³/mol. The Balaban J connectivity index is 2.43. The maximum atomic E-state index is 6.13. The van der Waals surface area contributed by atoms with Crippen LogP contribution in [0.15, 0.2) is 28.7 Å². The van der Waals surface area contributed by atoms with Crippen LogP contribution in [-0.2, 0) is 0 Å². The number of furan rings is 1. The van der Waals surface area contributed by atoms with E-state index in [1.54, 1.807) is 0 Å². The Morgan fingerprint density at radius 2 is 2.19 bits per heavy atom. The number of hydrogen-bond donors (Lipinski definition) is 1. The molecule has 1 heterocycles. The second-order valence-corrected chi connectivity index (χ2v) is 4.63. The Bertz CT molecular complexity index is 492. The molecule has 0 aliphatic heterocycles. The minimum atomic E-state index is -0.0616. The maximum absolute atomic E-state index is 6.13. The van der Waals surface area contributed by atoms with Crippen LogP contribution < -0.4 is 5.73 Å². The van der Waals surface area contributed by atoms with E-state index in [1.165, 1.54) is 0 Å². The van der Waals surface area contributed by atoms with Crippen molar-refractivity contribution in [2.45, 2.75) is 26.3 Å². The van der Waals surface area contributed by atoms with E-state index in [0.29, 0.717) is 10.9 Å². The third-order valence-electron chi connectivity index (χ3n) is 3.10. The summed E-state index contributed by atoms with van der Waals surface area (Å²) in [5.41, 5.74) is 6.86. The van der Waals surface area contributed by atoms with Crippen LogP contribution >= 0.6 is 11.6 Å². The molecule has 0 aliphatic rings. The van der Waals surface area contributed by atoms with E-state index in [-0.39, 0.29) is 6.04 Å². The third kappa shape index (κ3) is 1.95. The third-order valence-corrected chi connectivity index (χ3v) is 3.40. The highest BCUT2D eigenvalue weighted by atomic mass is 35.5. The van der Waals surface area contributed by atoms with Gasteiger partial charge in [0.05, 0.1) is 11.1 Å². The van der Waals surface area contributed by atoms with Gasteiger partial charge in [0.15, 0.2) is 5.58 Å². The van der Waals surface area contributed by atoms with Gasteiger partial charge in [-0.2, -0.15) is 0 Å². The van der Waals surface area contributed by atoms with Gasteiger partial charge in [0.25, 0.3) is 0 Å². The molecule has 0 amide bonds. The van der Waals surface area contributed by atoms with Crippen LogP contribution in [-0.4, -0.2) is 0 Å². The Morgan fingerprint density at radius 3 is 2.81 bits per heavy atom. The van der Waals surface area contributed by atoms with Crippen molar-refractivity contribution in [2.24, 2.45) is 11.7 Å². The van der Waals surface area contributed by atoms with Crippen molar-refractivity contribution in [3.8, 4) is 0 Å². The van der Waals surface area contributed by atoms with Crippen LogP contribution in [0.3, 0.4) is 0 Å². The molecule has 2 N–H and O–H groups in total. The normalized spacial score (nSPS) is 15.2.